The number of benzene rings is 3. The maximum atomic E-state index is 13.3. The molecule has 3 aromatic rings. The Morgan fingerprint density at radius 1 is 0.921 bits per heavy atom. The molecule has 2 N–H and O–H groups in total. The molecule has 0 spiro atoms. The van der Waals surface area contributed by atoms with Gasteiger partial charge in [0.25, 0.3) is 5.91 Å². The first kappa shape index (κ1) is 26.8. The molecular formula is C30H34N4O4. The lowest BCUT2D eigenvalue weighted by Gasteiger charge is -2.23. The molecule has 0 fully saturated rings. The second kappa shape index (κ2) is 11.8. The Balaban J connectivity index is 1.71. The summed E-state index contributed by atoms with van der Waals surface area (Å²) in [6, 6.07) is 21.0. The first-order chi connectivity index (χ1) is 18.3. The van der Waals surface area contributed by atoms with Gasteiger partial charge in [0.2, 0.25) is 5.91 Å². The van der Waals surface area contributed by atoms with Gasteiger partial charge in [-0.25, -0.2) is 0 Å². The fraction of sp³-hybridized carbons (Fsp3) is 0.267. The van der Waals surface area contributed by atoms with E-state index in [4.69, 9.17) is 9.47 Å². The van der Waals surface area contributed by atoms with E-state index in [-0.39, 0.29) is 11.8 Å². The van der Waals surface area contributed by atoms with E-state index in [0.717, 1.165) is 35.5 Å². The highest BCUT2D eigenvalue weighted by Crippen LogP contribution is 2.43. The molecule has 0 atom stereocenters. The number of rotatable bonds is 10. The van der Waals surface area contributed by atoms with Crippen molar-refractivity contribution in [3.8, 4) is 11.5 Å². The van der Waals surface area contributed by atoms with E-state index < -0.39 is 0 Å². The minimum absolute atomic E-state index is 0.000155. The quantitative estimate of drug-likeness (QED) is 0.373. The zero-order valence-electron chi connectivity index (χ0n) is 22.5. The number of methoxy groups -OCH3 is 2. The number of carbonyl (C=O) groups excluding carboxylic acids is 2. The molecule has 0 aliphatic carbocycles. The summed E-state index contributed by atoms with van der Waals surface area (Å²) in [4.78, 5) is 29.5. The number of hydrogen-bond acceptors (Lipinski definition) is 6. The summed E-state index contributed by atoms with van der Waals surface area (Å²) in [6.07, 6.45) is 0.875. The third-order valence-electron chi connectivity index (χ3n) is 6.40. The summed E-state index contributed by atoms with van der Waals surface area (Å²) in [5.41, 5.74) is 5.03. The molecule has 0 unspecified atom stereocenters. The highest BCUT2D eigenvalue weighted by Gasteiger charge is 2.30. The minimum Gasteiger partial charge on any atom is -0.493 e. The molecule has 0 radical (unpaired) electrons. The molecule has 0 bridgehead atoms. The van der Waals surface area contributed by atoms with Gasteiger partial charge in [-0.3, -0.25) is 9.59 Å². The van der Waals surface area contributed by atoms with E-state index in [1.807, 2.05) is 74.8 Å². The van der Waals surface area contributed by atoms with Crippen LogP contribution in [0.4, 0.5) is 17.1 Å². The molecular weight excluding hydrogens is 480 g/mol. The van der Waals surface area contributed by atoms with Crippen LogP contribution in [0.1, 0.15) is 24.5 Å². The Morgan fingerprint density at radius 3 is 2.18 bits per heavy atom. The molecule has 4 rings (SSSR count). The Labute approximate surface area is 223 Å². The van der Waals surface area contributed by atoms with Crippen LogP contribution in [0, 0.1) is 0 Å². The Kier molecular flexibility index (Phi) is 8.33. The standard InChI is InChI=1S/C30H34N4O4/c1-20(35)34(17-9-16-33(2)3)23-14-12-22(13-15-23)31-29(21-10-7-6-8-11-21)28-24-18-26(37-4)27(38-5)19-25(24)32-30(28)36/h6-8,10-15,18-19,31H,9,16-17H2,1-5H3,(H,32,36)/b29-28-. The fourth-order valence-electron chi connectivity index (χ4n) is 4.51. The third-order valence-corrected chi connectivity index (χ3v) is 6.40. The van der Waals surface area contributed by atoms with E-state index in [1.54, 1.807) is 32.1 Å². The molecule has 0 saturated heterocycles. The first-order valence-corrected chi connectivity index (χ1v) is 12.5. The van der Waals surface area contributed by atoms with Crippen LogP contribution in [-0.4, -0.2) is 58.1 Å². The van der Waals surface area contributed by atoms with Crippen molar-refractivity contribution in [2.24, 2.45) is 0 Å². The number of hydrogen-bond donors (Lipinski definition) is 2. The van der Waals surface area contributed by atoms with Crippen LogP contribution in [0.3, 0.4) is 0 Å². The summed E-state index contributed by atoms with van der Waals surface area (Å²) in [5, 5.41) is 6.42. The molecule has 0 saturated carbocycles. The number of anilines is 3. The zero-order valence-corrected chi connectivity index (χ0v) is 22.5. The fourth-order valence-corrected chi connectivity index (χ4v) is 4.51. The molecule has 198 valence electrons. The Morgan fingerprint density at radius 2 is 1.58 bits per heavy atom. The van der Waals surface area contributed by atoms with E-state index in [2.05, 4.69) is 15.5 Å². The summed E-state index contributed by atoms with van der Waals surface area (Å²) < 4.78 is 10.9. The Bertz CT molecular complexity index is 1330. The largest absolute Gasteiger partial charge is 0.493 e. The highest BCUT2D eigenvalue weighted by atomic mass is 16.5. The monoisotopic (exact) mass is 514 g/mol. The maximum Gasteiger partial charge on any atom is 0.258 e. The third kappa shape index (κ3) is 5.81. The van der Waals surface area contributed by atoms with Gasteiger partial charge in [-0.15, -0.1) is 0 Å². The predicted molar refractivity (Wildman–Crippen MR) is 153 cm³/mol. The number of nitrogens with zero attached hydrogens (tertiary/aromatic N) is 2. The van der Waals surface area contributed by atoms with Crippen LogP contribution in [0.15, 0.2) is 66.7 Å². The molecule has 1 heterocycles. The number of fused-ring (bicyclic) bond motifs is 1. The van der Waals surface area contributed by atoms with Crippen LogP contribution in [0.25, 0.3) is 11.3 Å². The van der Waals surface area contributed by atoms with Gasteiger partial charge in [-0.2, -0.15) is 0 Å². The molecule has 38 heavy (non-hydrogen) atoms. The number of ether oxygens (including phenoxy) is 2. The SMILES string of the molecule is COc1cc2c(cc1OC)/C(=C(/Nc1ccc(N(CCCN(C)C)C(C)=O)cc1)c1ccccc1)C(=O)N2. The van der Waals surface area contributed by atoms with E-state index in [0.29, 0.717) is 35.0 Å². The molecule has 8 heteroatoms. The van der Waals surface area contributed by atoms with Crippen LogP contribution >= 0.6 is 0 Å². The molecule has 0 aromatic heterocycles. The van der Waals surface area contributed by atoms with Crippen molar-refractivity contribution in [1.82, 2.24) is 4.90 Å². The van der Waals surface area contributed by atoms with Crippen LogP contribution in [0.5, 0.6) is 11.5 Å². The summed E-state index contributed by atoms with van der Waals surface area (Å²) in [6.45, 7) is 3.12. The van der Waals surface area contributed by atoms with Crippen molar-refractivity contribution in [3.05, 3.63) is 77.9 Å². The average molecular weight is 515 g/mol. The summed E-state index contributed by atoms with van der Waals surface area (Å²) >= 11 is 0. The van der Waals surface area contributed by atoms with E-state index in [1.165, 1.54) is 0 Å². The van der Waals surface area contributed by atoms with Gasteiger partial charge in [0.1, 0.15) is 0 Å². The maximum absolute atomic E-state index is 13.3. The minimum atomic E-state index is -0.220. The summed E-state index contributed by atoms with van der Waals surface area (Å²) in [5.74, 6) is 0.857. The first-order valence-electron chi connectivity index (χ1n) is 12.5. The number of nitrogens with one attached hydrogen (secondary N) is 2. The van der Waals surface area contributed by atoms with Crippen LogP contribution in [-0.2, 0) is 9.59 Å². The van der Waals surface area contributed by atoms with Crippen molar-refractivity contribution in [2.45, 2.75) is 13.3 Å². The van der Waals surface area contributed by atoms with Crippen LogP contribution < -0.4 is 25.0 Å². The van der Waals surface area contributed by atoms with Gasteiger partial charge in [0, 0.05) is 36.5 Å². The molecule has 1 aliphatic rings. The number of carbonyl (C=O) groups is 2. The second-order valence-electron chi connectivity index (χ2n) is 9.32. The smallest absolute Gasteiger partial charge is 0.258 e. The van der Waals surface area contributed by atoms with Crippen molar-refractivity contribution in [1.29, 1.82) is 0 Å². The summed E-state index contributed by atoms with van der Waals surface area (Å²) in [7, 11) is 7.18. The van der Waals surface area contributed by atoms with Gasteiger partial charge in [0.05, 0.1) is 31.2 Å². The predicted octanol–water partition coefficient (Wildman–Crippen LogP) is 4.94. The van der Waals surface area contributed by atoms with Gasteiger partial charge >= 0.3 is 0 Å². The van der Waals surface area contributed by atoms with Crippen molar-refractivity contribution < 1.29 is 19.1 Å². The van der Waals surface area contributed by atoms with Crippen molar-refractivity contribution in [2.75, 3.05) is 56.9 Å². The van der Waals surface area contributed by atoms with Crippen LogP contribution in [0.2, 0.25) is 0 Å². The molecule has 2 amide bonds. The van der Waals surface area contributed by atoms with Crippen molar-refractivity contribution in [3.63, 3.8) is 0 Å². The lowest BCUT2D eigenvalue weighted by atomic mass is 9.99. The van der Waals surface area contributed by atoms with Crippen molar-refractivity contribution >= 4 is 40.1 Å². The van der Waals surface area contributed by atoms with Gasteiger partial charge in [-0.1, -0.05) is 30.3 Å². The molecule has 8 nitrogen and oxygen atoms in total. The highest BCUT2D eigenvalue weighted by molar-refractivity contribution is 6.37. The molecule has 1 aliphatic heterocycles. The van der Waals surface area contributed by atoms with Gasteiger partial charge in [0.15, 0.2) is 11.5 Å². The van der Waals surface area contributed by atoms with Gasteiger partial charge in [-0.05, 0) is 63.0 Å². The normalized spacial score (nSPS) is 13.6. The van der Waals surface area contributed by atoms with E-state index >= 15 is 0 Å². The number of amides is 2. The Hall–Kier alpha value is -4.30. The zero-order chi connectivity index (χ0) is 27.2. The second-order valence-corrected chi connectivity index (χ2v) is 9.32. The van der Waals surface area contributed by atoms with Gasteiger partial charge < -0.3 is 29.9 Å². The lowest BCUT2D eigenvalue weighted by molar-refractivity contribution is -0.116. The average Bonchev–Trinajstić information content (AvgIpc) is 3.23. The van der Waals surface area contributed by atoms with E-state index in [9.17, 15) is 9.59 Å². The molecule has 3 aromatic carbocycles. The lowest BCUT2D eigenvalue weighted by Crippen LogP contribution is -2.31. The topological polar surface area (TPSA) is 83.1 Å².